The van der Waals surface area contributed by atoms with Crippen molar-refractivity contribution in [3.8, 4) is 0 Å². The lowest BCUT2D eigenvalue weighted by molar-refractivity contribution is -0.138. The molecular formula is C21H19F4N5O2. The second-order valence-electron chi connectivity index (χ2n) is 8.19. The third kappa shape index (κ3) is 3.70. The first kappa shape index (κ1) is 20.8. The van der Waals surface area contributed by atoms with Crippen molar-refractivity contribution in [2.24, 2.45) is 0 Å². The quantitative estimate of drug-likeness (QED) is 0.616. The molecule has 7 nitrogen and oxygen atoms in total. The van der Waals surface area contributed by atoms with Gasteiger partial charge >= 0.3 is 6.18 Å². The van der Waals surface area contributed by atoms with E-state index in [0.717, 1.165) is 18.4 Å². The summed E-state index contributed by atoms with van der Waals surface area (Å²) in [5, 5.41) is 7.01. The van der Waals surface area contributed by atoms with Crippen molar-refractivity contribution in [1.82, 2.24) is 24.9 Å². The summed E-state index contributed by atoms with van der Waals surface area (Å²) in [6.07, 6.45) is 3.29. The van der Waals surface area contributed by atoms with Crippen LogP contribution >= 0.6 is 0 Å². The number of carbonyl (C=O) groups is 1. The molecule has 0 aromatic carbocycles. The number of hydrogen-bond acceptors (Lipinski definition) is 5. The SMILES string of the molecule is O=C(NC1(c2ncc(C(F)(F)F)cc2F)CCOCC1)c1cnn2cc(C3CC3)cnc12. The van der Waals surface area contributed by atoms with E-state index >= 15 is 0 Å². The normalized spacial score (nSPS) is 18.6. The van der Waals surface area contributed by atoms with Crippen molar-refractivity contribution in [2.45, 2.75) is 43.3 Å². The largest absolute Gasteiger partial charge is 0.417 e. The Hall–Kier alpha value is -3.08. The Morgan fingerprint density at radius 3 is 2.56 bits per heavy atom. The van der Waals surface area contributed by atoms with Gasteiger partial charge in [-0.15, -0.1) is 0 Å². The first-order chi connectivity index (χ1) is 15.3. The predicted molar refractivity (Wildman–Crippen MR) is 103 cm³/mol. The van der Waals surface area contributed by atoms with Gasteiger partial charge in [0, 0.05) is 31.8 Å². The van der Waals surface area contributed by atoms with E-state index < -0.39 is 29.0 Å². The van der Waals surface area contributed by atoms with Crippen molar-refractivity contribution in [2.75, 3.05) is 13.2 Å². The van der Waals surface area contributed by atoms with E-state index in [2.05, 4.69) is 20.4 Å². The first-order valence-electron chi connectivity index (χ1n) is 10.2. The number of rotatable bonds is 4. The average molecular weight is 449 g/mol. The number of nitrogens with one attached hydrogen (secondary N) is 1. The number of halogens is 4. The Bertz CT molecular complexity index is 1180. The average Bonchev–Trinajstić information content (AvgIpc) is 3.52. The lowest BCUT2D eigenvalue weighted by atomic mass is 9.85. The first-order valence-corrected chi connectivity index (χ1v) is 10.2. The second kappa shape index (κ2) is 7.51. The molecule has 1 aliphatic carbocycles. The maximum atomic E-state index is 14.8. The second-order valence-corrected chi connectivity index (χ2v) is 8.19. The van der Waals surface area contributed by atoms with Crippen LogP contribution < -0.4 is 5.32 Å². The Balaban J connectivity index is 1.48. The van der Waals surface area contributed by atoms with Crippen LogP contribution in [-0.4, -0.2) is 38.7 Å². The molecule has 0 radical (unpaired) electrons. The number of aromatic nitrogens is 4. The van der Waals surface area contributed by atoms with Gasteiger partial charge in [0.05, 0.1) is 17.3 Å². The van der Waals surface area contributed by atoms with Crippen LogP contribution in [-0.2, 0) is 16.5 Å². The maximum Gasteiger partial charge on any atom is 0.417 e. The molecule has 168 valence electrons. The van der Waals surface area contributed by atoms with E-state index in [1.807, 2.05) is 6.20 Å². The molecule has 0 bridgehead atoms. The topological polar surface area (TPSA) is 81.4 Å². The molecule has 1 N–H and O–H groups in total. The zero-order valence-corrected chi connectivity index (χ0v) is 16.8. The maximum absolute atomic E-state index is 14.8. The zero-order valence-electron chi connectivity index (χ0n) is 16.8. The Kier molecular flexibility index (Phi) is 4.88. The minimum atomic E-state index is -4.72. The van der Waals surface area contributed by atoms with Crippen LogP contribution in [0.1, 0.15) is 58.8 Å². The number of fused-ring (bicyclic) bond motifs is 1. The highest BCUT2D eigenvalue weighted by Crippen LogP contribution is 2.40. The van der Waals surface area contributed by atoms with Crippen molar-refractivity contribution in [3.05, 3.63) is 59.1 Å². The number of carbonyl (C=O) groups excluding carboxylic acids is 1. The molecule has 0 spiro atoms. The van der Waals surface area contributed by atoms with E-state index in [1.165, 1.54) is 10.7 Å². The summed E-state index contributed by atoms with van der Waals surface area (Å²) in [5.74, 6) is -1.23. The molecule has 11 heteroatoms. The van der Waals surface area contributed by atoms with Crippen LogP contribution in [0.25, 0.3) is 5.65 Å². The van der Waals surface area contributed by atoms with Gasteiger partial charge in [-0.05, 0) is 43.2 Å². The summed E-state index contributed by atoms with van der Waals surface area (Å²) >= 11 is 0. The summed E-state index contributed by atoms with van der Waals surface area (Å²) < 4.78 is 60.5. The molecule has 0 atom stereocenters. The third-order valence-electron chi connectivity index (χ3n) is 5.99. The summed E-state index contributed by atoms with van der Waals surface area (Å²) in [5.41, 5.74) is -1.18. The molecule has 1 saturated heterocycles. The Morgan fingerprint density at radius 2 is 1.91 bits per heavy atom. The van der Waals surface area contributed by atoms with E-state index in [9.17, 15) is 22.4 Å². The minimum absolute atomic E-state index is 0.159. The lowest BCUT2D eigenvalue weighted by Crippen LogP contribution is -2.50. The van der Waals surface area contributed by atoms with E-state index in [4.69, 9.17) is 4.74 Å². The van der Waals surface area contributed by atoms with Crippen LogP contribution in [0.4, 0.5) is 17.6 Å². The van der Waals surface area contributed by atoms with E-state index in [0.29, 0.717) is 23.8 Å². The molecule has 5 rings (SSSR count). The summed E-state index contributed by atoms with van der Waals surface area (Å²) in [6, 6.07) is 0.405. The fourth-order valence-corrected chi connectivity index (χ4v) is 4.05. The number of pyridine rings is 1. The third-order valence-corrected chi connectivity index (χ3v) is 5.99. The van der Waals surface area contributed by atoms with Gasteiger partial charge < -0.3 is 10.1 Å². The van der Waals surface area contributed by atoms with E-state index in [1.54, 1.807) is 6.20 Å². The Labute approximate surface area is 179 Å². The van der Waals surface area contributed by atoms with Crippen LogP contribution in [0.2, 0.25) is 0 Å². The van der Waals surface area contributed by atoms with Gasteiger partial charge in [0.25, 0.3) is 5.91 Å². The van der Waals surface area contributed by atoms with Crippen LogP contribution in [0.3, 0.4) is 0 Å². The van der Waals surface area contributed by atoms with Crippen LogP contribution in [0.5, 0.6) is 0 Å². The zero-order chi connectivity index (χ0) is 22.5. The molecule has 1 amide bonds. The molecule has 3 aromatic heterocycles. The van der Waals surface area contributed by atoms with Crippen molar-refractivity contribution in [3.63, 3.8) is 0 Å². The highest BCUT2D eigenvalue weighted by molar-refractivity contribution is 6.00. The standard InChI is InChI=1S/C21H19F4N5O2/c22-16-7-14(21(23,24)25)9-26-17(16)20(3-5-32-6-4-20)29-19(31)15-10-28-30-11-13(12-1-2-12)8-27-18(15)30/h7-12H,1-6H2,(H,29,31). The highest BCUT2D eigenvalue weighted by atomic mass is 19.4. The fourth-order valence-electron chi connectivity index (χ4n) is 4.05. The highest BCUT2D eigenvalue weighted by Gasteiger charge is 2.42. The summed E-state index contributed by atoms with van der Waals surface area (Å²) in [7, 11) is 0. The molecule has 2 fully saturated rings. The molecule has 1 aliphatic heterocycles. The predicted octanol–water partition coefficient (Wildman–Crippen LogP) is 3.60. The molecule has 2 aliphatic rings. The van der Waals surface area contributed by atoms with Gasteiger partial charge in [-0.3, -0.25) is 9.78 Å². The summed E-state index contributed by atoms with van der Waals surface area (Å²) in [4.78, 5) is 21.3. The van der Waals surface area contributed by atoms with Gasteiger partial charge in [-0.1, -0.05) is 0 Å². The van der Waals surface area contributed by atoms with Gasteiger partial charge in [0.2, 0.25) is 0 Å². The molecule has 1 saturated carbocycles. The molecule has 32 heavy (non-hydrogen) atoms. The molecule has 4 heterocycles. The van der Waals surface area contributed by atoms with Gasteiger partial charge in [-0.2, -0.15) is 18.3 Å². The number of hydrogen-bond donors (Lipinski definition) is 1. The molecule has 3 aromatic rings. The number of ether oxygens (including phenoxy) is 1. The number of amides is 1. The van der Waals surface area contributed by atoms with Crippen molar-refractivity contribution >= 4 is 11.6 Å². The molecular weight excluding hydrogens is 430 g/mol. The van der Waals surface area contributed by atoms with Gasteiger partial charge in [0.15, 0.2) is 5.65 Å². The smallest absolute Gasteiger partial charge is 0.381 e. The van der Waals surface area contributed by atoms with Gasteiger partial charge in [0.1, 0.15) is 17.1 Å². The lowest BCUT2D eigenvalue weighted by Gasteiger charge is -2.37. The number of nitrogens with zero attached hydrogens (tertiary/aromatic N) is 4. The van der Waals surface area contributed by atoms with Crippen molar-refractivity contribution in [1.29, 1.82) is 0 Å². The van der Waals surface area contributed by atoms with Gasteiger partial charge in [-0.25, -0.2) is 13.9 Å². The van der Waals surface area contributed by atoms with Crippen LogP contribution in [0, 0.1) is 5.82 Å². The number of alkyl halides is 3. The minimum Gasteiger partial charge on any atom is -0.381 e. The Morgan fingerprint density at radius 1 is 1.16 bits per heavy atom. The van der Waals surface area contributed by atoms with Crippen LogP contribution in [0.15, 0.2) is 30.9 Å². The fraction of sp³-hybridized carbons (Fsp3) is 0.429. The summed E-state index contributed by atoms with van der Waals surface area (Å²) in [6.45, 7) is 0.389. The van der Waals surface area contributed by atoms with E-state index in [-0.39, 0.29) is 37.3 Å². The monoisotopic (exact) mass is 449 g/mol. The molecule has 0 unspecified atom stereocenters. The van der Waals surface area contributed by atoms with Crippen molar-refractivity contribution < 1.29 is 27.1 Å².